The van der Waals surface area contributed by atoms with Gasteiger partial charge in [-0.3, -0.25) is 9.59 Å². The number of imide groups is 1. The predicted molar refractivity (Wildman–Crippen MR) is 126 cm³/mol. The summed E-state index contributed by atoms with van der Waals surface area (Å²) in [6, 6.07) is 16.5. The number of carbonyl (C=O) groups excluding carboxylic acids is 2. The molecule has 0 unspecified atom stereocenters. The molecule has 5 nitrogen and oxygen atoms in total. The van der Waals surface area contributed by atoms with E-state index in [9.17, 15) is 9.59 Å². The monoisotopic (exact) mass is 455 g/mol. The van der Waals surface area contributed by atoms with E-state index < -0.39 is 5.25 Å². The summed E-state index contributed by atoms with van der Waals surface area (Å²) in [5.41, 5.74) is 1.42. The molecule has 0 aliphatic carbocycles. The van der Waals surface area contributed by atoms with E-state index in [0.29, 0.717) is 30.3 Å². The highest BCUT2D eigenvalue weighted by Gasteiger charge is 2.41. The van der Waals surface area contributed by atoms with Crippen LogP contribution in [0.25, 0.3) is 10.8 Å². The smallest absolute Gasteiger partial charge is 0.293 e. The number of carbonyl (C=O) groups is 2. The Morgan fingerprint density at radius 3 is 2.39 bits per heavy atom. The van der Waals surface area contributed by atoms with E-state index in [0.717, 1.165) is 39.6 Å². The van der Waals surface area contributed by atoms with E-state index in [1.165, 1.54) is 4.90 Å². The second kappa shape index (κ2) is 9.20. The van der Waals surface area contributed by atoms with Gasteiger partial charge in [-0.15, -0.1) is 0 Å². The lowest BCUT2D eigenvalue weighted by molar-refractivity contribution is -0.117. The van der Waals surface area contributed by atoms with E-state index >= 15 is 0 Å². The molecule has 0 saturated carbocycles. The van der Waals surface area contributed by atoms with Crippen molar-refractivity contribution in [1.29, 1.82) is 0 Å². The van der Waals surface area contributed by atoms with Gasteiger partial charge in [0.2, 0.25) is 5.91 Å². The van der Waals surface area contributed by atoms with Crippen LogP contribution in [0.1, 0.15) is 19.4 Å². The molecule has 0 bridgehead atoms. The van der Waals surface area contributed by atoms with Crippen molar-refractivity contribution in [3.05, 3.63) is 65.2 Å². The van der Waals surface area contributed by atoms with Crippen molar-refractivity contribution in [2.75, 3.05) is 18.1 Å². The molecule has 1 fully saturated rings. The Labute approximate surface area is 190 Å². The van der Waals surface area contributed by atoms with Crippen molar-refractivity contribution >= 4 is 51.0 Å². The van der Waals surface area contributed by atoms with Crippen LogP contribution in [0.2, 0.25) is 5.02 Å². The van der Waals surface area contributed by atoms with Crippen molar-refractivity contribution in [2.45, 2.75) is 25.5 Å². The molecule has 31 heavy (non-hydrogen) atoms. The Bertz CT molecular complexity index is 1130. The zero-order valence-electron chi connectivity index (χ0n) is 17.3. The van der Waals surface area contributed by atoms with Gasteiger partial charge in [0.15, 0.2) is 0 Å². The lowest BCUT2D eigenvalue weighted by atomic mass is 9.98. The van der Waals surface area contributed by atoms with Gasteiger partial charge in [-0.2, -0.15) is 0 Å². The van der Waals surface area contributed by atoms with Crippen LogP contribution in [0, 0.1) is 0 Å². The first-order chi connectivity index (χ1) is 15.0. The molecule has 2 amide bonds. The summed E-state index contributed by atoms with van der Waals surface area (Å²) >= 11 is 6.99. The molecule has 1 aliphatic heterocycles. The van der Waals surface area contributed by atoms with E-state index in [4.69, 9.17) is 21.1 Å². The zero-order chi connectivity index (χ0) is 22.0. The van der Waals surface area contributed by atoms with E-state index in [1.54, 1.807) is 24.3 Å². The molecule has 0 radical (unpaired) electrons. The second-order valence-corrected chi connectivity index (χ2v) is 8.61. The summed E-state index contributed by atoms with van der Waals surface area (Å²) in [5, 5.41) is 1.71. The normalized spacial score (nSPS) is 16.2. The van der Waals surface area contributed by atoms with Gasteiger partial charge in [0.05, 0.1) is 24.2 Å². The third kappa shape index (κ3) is 4.36. The lowest BCUT2D eigenvalue weighted by Gasteiger charge is -2.17. The molecule has 1 saturated heterocycles. The molecule has 4 rings (SSSR count). The van der Waals surface area contributed by atoms with Crippen LogP contribution in [-0.4, -0.2) is 29.6 Å². The average molecular weight is 456 g/mol. The molecule has 7 heteroatoms. The van der Waals surface area contributed by atoms with Crippen LogP contribution < -0.4 is 14.4 Å². The number of nitrogens with zero attached hydrogens (tertiary/aromatic N) is 1. The number of thioether (sulfide) groups is 1. The molecule has 3 aromatic carbocycles. The van der Waals surface area contributed by atoms with Gasteiger partial charge in [0.25, 0.3) is 5.24 Å². The minimum absolute atomic E-state index is 0.238. The summed E-state index contributed by atoms with van der Waals surface area (Å²) in [7, 11) is 0. The number of hydrogen-bond acceptors (Lipinski definition) is 5. The third-order valence-electron chi connectivity index (χ3n) is 5.07. The Morgan fingerprint density at radius 2 is 1.68 bits per heavy atom. The van der Waals surface area contributed by atoms with Crippen molar-refractivity contribution in [1.82, 2.24) is 0 Å². The third-order valence-corrected chi connectivity index (χ3v) is 6.36. The number of rotatable bonds is 7. The van der Waals surface area contributed by atoms with Gasteiger partial charge < -0.3 is 9.47 Å². The predicted octanol–water partition coefficient (Wildman–Crippen LogP) is 6.10. The second-order valence-electron chi connectivity index (χ2n) is 7.02. The Hall–Kier alpha value is -2.70. The standard InChI is InChI=1S/C24H22ClNO4S/c1-3-29-18-11-5-15-6-12-21(30-4-2)20(19(15)13-18)14-22-23(27)26(24(28)31-22)17-9-7-16(25)8-10-17/h5-13,22H,3-4,14H2,1-2H3/t22-/m1/s1. The molecular weight excluding hydrogens is 434 g/mol. The Morgan fingerprint density at radius 1 is 0.968 bits per heavy atom. The number of fused-ring (bicyclic) bond motifs is 1. The largest absolute Gasteiger partial charge is 0.494 e. The van der Waals surface area contributed by atoms with Crippen LogP contribution in [0.5, 0.6) is 11.5 Å². The van der Waals surface area contributed by atoms with Crippen molar-refractivity contribution in [3.8, 4) is 11.5 Å². The Balaban J connectivity index is 1.70. The highest BCUT2D eigenvalue weighted by Crippen LogP contribution is 2.38. The lowest BCUT2D eigenvalue weighted by Crippen LogP contribution is -2.32. The molecule has 3 aromatic rings. The summed E-state index contributed by atoms with van der Waals surface area (Å²) in [5.74, 6) is 1.24. The van der Waals surface area contributed by atoms with Gasteiger partial charge >= 0.3 is 0 Å². The number of anilines is 1. The number of ether oxygens (including phenoxy) is 2. The highest BCUT2D eigenvalue weighted by molar-refractivity contribution is 8.15. The fraction of sp³-hybridized carbons (Fsp3) is 0.250. The van der Waals surface area contributed by atoms with Gasteiger partial charge in [-0.25, -0.2) is 4.90 Å². The quantitative estimate of drug-likeness (QED) is 0.430. The molecule has 0 N–H and O–H groups in total. The van der Waals surface area contributed by atoms with Crippen molar-refractivity contribution in [3.63, 3.8) is 0 Å². The van der Waals surface area contributed by atoms with Gasteiger partial charge in [-0.05, 0) is 73.5 Å². The molecule has 160 valence electrons. The molecule has 0 spiro atoms. The minimum atomic E-state index is -0.538. The van der Waals surface area contributed by atoms with Gasteiger partial charge in [0.1, 0.15) is 11.5 Å². The topological polar surface area (TPSA) is 55.8 Å². The number of hydrogen-bond donors (Lipinski definition) is 0. The minimum Gasteiger partial charge on any atom is -0.494 e. The van der Waals surface area contributed by atoms with Crippen molar-refractivity contribution in [2.24, 2.45) is 0 Å². The maximum atomic E-state index is 13.2. The first-order valence-corrected chi connectivity index (χ1v) is 11.4. The summed E-state index contributed by atoms with van der Waals surface area (Å²) in [6.45, 7) is 4.93. The van der Waals surface area contributed by atoms with Gasteiger partial charge in [-0.1, -0.05) is 35.5 Å². The van der Waals surface area contributed by atoms with Crippen LogP contribution in [0.4, 0.5) is 10.5 Å². The van der Waals surface area contributed by atoms with Crippen LogP contribution in [0.3, 0.4) is 0 Å². The maximum Gasteiger partial charge on any atom is 0.293 e. The fourth-order valence-corrected chi connectivity index (χ4v) is 4.82. The van der Waals surface area contributed by atoms with Gasteiger partial charge in [0, 0.05) is 10.6 Å². The SMILES string of the molecule is CCOc1ccc2ccc(OCC)c(C[C@H]3SC(=O)N(c4ccc(Cl)cc4)C3=O)c2c1. The first kappa shape index (κ1) is 21.5. The number of amides is 2. The molecule has 1 aliphatic rings. The average Bonchev–Trinajstić information content (AvgIpc) is 3.04. The Kier molecular flexibility index (Phi) is 6.39. The molecule has 0 aromatic heterocycles. The van der Waals surface area contributed by atoms with Crippen LogP contribution in [-0.2, 0) is 11.2 Å². The van der Waals surface area contributed by atoms with E-state index in [2.05, 4.69) is 0 Å². The van der Waals surface area contributed by atoms with Crippen LogP contribution in [0.15, 0.2) is 54.6 Å². The molecular formula is C24H22ClNO4S. The summed E-state index contributed by atoms with van der Waals surface area (Å²) in [6.07, 6.45) is 0.377. The summed E-state index contributed by atoms with van der Waals surface area (Å²) < 4.78 is 11.5. The first-order valence-electron chi connectivity index (χ1n) is 10.1. The fourth-order valence-electron chi connectivity index (χ4n) is 3.69. The number of halogens is 1. The van der Waals surface area contributed by atoms with Crippen molar-refractivity contribution < 1.29 is 19.1 Å². The zero-order valence-corrected chi connectivity index (χ0v) is 18.8. The molecule has 1 heterocycles. The van der Waals surface area contributed by atoms with E-state index in [1.807, 2.05) is 44.2 Å². The summed E-state index contributed by atoms with van der Waals surface area (Å²) in [4.78, 5) is 27.1. The molecule has 1 atom stereocenters. The van der Waals surface area contributed by atoms with Crippen LogP contribution >= 0.6 is 23.4 Å². The highest BCUT2D eigenvalue weighted by atomic mass is 35.5. The van der Waals surface area contributed by atoms with E-state index in [-0.39, 0.29) is 11.1 Å². The number of benzene rings is 3. The maximum absolute atomic E-state index is 13.2.